The van der Waals surface area contributed by atoms with E-state index in [0.717, 1.165) is 5.16 Å². The summed E-state index contributed by atoms with van der Waals surface area (Å²) in [6.07, 6.45) is 2.41. The summed E-state index contributed by atoms with van der Waals surface area (Å²) in [6, 6.07) is 11.0. The van der Waals surface area contributed by atoms with Crippen molar-refractivity contribution in [3.8, 4) is 0 Å². The Morgan fingerprint density at radius 2 is 2.06 bits per heavy atom. The van der Waals surface area contributed by atoms with Crippen LogP contribution in [0.15, 0.2) is 35.5 Å². The van der Waals surface area contributed by atoms with E-state index in [1.54, 1.807) is 11.8 Å². The predicted molar refractivity (Wildman–Crippen MR) is 66.8 cm³/mol. The van der Waals surface area contributed by atoms with Crippen LogP contribution in [0.2, 0.25) is 0 Å². The average molecular weight is 246 g/mol. The topological polar surface area (TPSA) is 43.6 Å². The summed E-state index contributed by atoms with van der Waals surface area (Å²) in [5, 5.41) is 13.2. The van der Waals surface area contributed by atoms with Gasteiger partial charge in [0.2, 0.25) is 5.16 Å². The summed E-state index contributed by atoms with van der Waals surface area (Å²) in [7, 11) is 0. The van der Waals surface area contributed by atoms with E-state index in [1.807, 2.05) is 10.7 Å². The van der Waals surface area contributed by atoms with Crippen molar-refractivity contribution in [2.45, 2.75) is 36.2 Å². The highest BCUT2D eigenvalue weighted by Crippen LogP contribution is 2.39. The van der Waals surface area contributed by atoms with Crippen molar-refractivity contribution in [2.24, 2.45) is 0 Å². The number of tetrazole rings is 1. The van der Waals surface area contributed by atoms with Crippen molar-refractivity contribution >= 4 is 11.8 Å². The van der Waals surface area contributed by atoms with E-state index in [2.05, 4.69) is 46.7 Å². The molecule has 0 spiro atoms. The Labute approximate surface area is 104 Å². The van der Waals surface area contributed by atoms with Crippen LogP contribution in [0.3, 0.4) is 0 Å². The smallest absolute Gasteiger partial charge is 0.210 e. The zero-order valence-corrected chi connectivity index (χ0v) is 10.5. The SMILES string of the molecule is CC(Sc1nnnn1C1CC1)c1ccccc1. The molecule has 2 aromatic rings. The first-order chi connectivity index (χ1) is 8.34. The Bertz CT molecular complexity index is 492. The molecule has 1 atom stereocenters. The molecule has 1 aliphatic rings. The lowest BCUT2D eigenvalue weighted by Gasteiger charge is -2.10. The molecule has 0 aliphatic heterocycles. The third kappa shape index (κ3) is 2.34. The zero-order chi connectivity index (χ0) is 11.7. The van der Waals surface area contributed by atoms with E-state index >= 15 is 0 Å². The molecule has 3 rings (SSSR count). The fourth-order valence-corrected chi connectivity index (χ4v) is 2.75. The molecule has 0 amide bonds. The van der Waals surface area contributed by atoms with Crippen LogP contribution < -0.4 is 0 Å². The fraction of sp³-hybridized carbons (Fsp3) is 0.417. The van der Waals surface area contributed by atoms with Gasteiger partial charge in [0.05, 0.1) is 6.04 Å². The van der Waals surface area contributed by atoms with Crippen LogP contribution in [0.5, 0.6) is 0 Å². The number of rotatable bonds is 4. The minimum atomic E-state index is 0.375. The number of nitrogens with zero attached hydrogens (tertiary/aromatic N) is 4. The van der Waals surface area contributed by atoms with Gasteiger partial charge >= 0.3 is 0 Å². The highest BCUT2D eigenvalue weighted by atomic mass is 32.2. The maximum atomic E-state index is 4.11. The average Bonchev–Trinajstić information content (AvgIpc) is 3.11. The molecule has 17 heavy (non-hydrogen) atoms. The number of hydrogen-bond donors (Lipinski definition) is 0. The molecule has 1 fully saturated rings. The Hall–Kier alpha value is -1.36. The number of hydrogen-bond acceptors (Lipinski definition) is 4. The second kappa shape index (κ2) is 4.49. The number of benzene rings is 1. The predicted octanol–water partition coefficient (Wildman–Crippen LogP) is 2.86. The summed E-state index contributed by atoms with van der Waals surface area (Å²) < 4.78 is 1.96. The Morgan fingerprint density at radius 1 is 1.29 bits per heavy atom. The molecule has 1 aliphatic carbocycles. The van der Waals surface area contributed by atoms with Crippen LogP contribution in [0.1, 0.15) is 36.6 Å². The molecule has 0 N–H and O–H groups in total. The van der Waals surface area contributed by atoms with Crippen molar-refractivity contribution in [3.05, 3.63) is 35.9 Å². The van der Waals surface area contributed by atoms with E-state index in [-0.39, 0.29) is 0 Å². The summed E-state index contributed by atoms with van der Waals surface area (Å²) in [6.45, 7) is 2.19. The minimum absolute atomic E-state index is 0.375. The fourth-order valence-electron chi connectivity index (χ4n) is 1.76. The molecule has 1 aromatic heterocycles. The lowest BCUT2D eigenvalue weighted by molar-refractivity contribution is 0.565. The monoisotopic (exact) mass is 246 g/mol. The van der Waals surface area contributed by atoms with Gasteiger partial charge in [-0.05, 0) is 35.8 Å². The van der Waals surface area contributed by atoms with Gasteiger partial charge in [-0.1, -0.05) is 42.1 Å². The first-order valence-electron chi connectivity index (χ1n) is 5.84. The quantitative estimate of drug-likeness (QED) is 0.778. The largest absolute Gasteiger partial charge is 0.217 e. The van der Waals surface area contributed by atoms with E-state index in [1.165, 1.54) is 18.4 Å². The van der Waals surface area contributed by atoms with E-state index in [9.17, 15) is 0 Å². The van der Waals surface area contributed by atoms with Gasteiger partial charge in [0.25, 0.3) is 0 Å². The second-order valence-electron chi connectivity index (χ2n) is 4.31. The maximum absolute atomic E-state index is 4.11. The van der Waals surface area contributed by atoms with Gasteiger partial charge < -0.3 is 0 Å². The van der Waals surface area contributed by atoms with Gasteiger partial charge in [-0.25, -0.2) is 4.68 Å². The third-order valence-corrected chi connectivity index (χ3v) is 4.01. The Kier molecular flexibility index (Phi) is 2.84. The second-order valence-corrected chi connectivity index (χ2v) is 5.62. The molecule has 1 heterocycles. The highest BCUT2D eigenvalue weighted by Gasteiger charge is 2.28. The standard InChI is InChI=1S/C12H14N4S/c1-9(10-5-3-2-4-6-10)17-12-13-14-15-16(12)11-7-8-11/h2-6,9,11H,7-8H2,1H3. The van der Waals surface area contributed by atoms with E-state index in [4.69, 9.17) is 0 Å². The normalized spacial score (nSPS) is 17.0. The molecular formula is C12H14N4S. The molecule has 1 saturated carbocycles. The van der Waals surface area contributed by atoms with Crippen LogP contribution in [-0.4, -0.2) is 20.2 Å². The van der Waals surface area contributed by atoms with Crippen molar-refractivity contribution in [1.82, 2.24) is 20.2 Å². The first kappa shape index (κ1) is 10.8. The lowest BCUT2D eigenvalue weighted by atomic mass is 10.2. The van der Waals surface area contributed by atoms with Crippen LogP contribution >= 0.6 is 11.8 Å². The Balaban J connectivity index is 1.76. The molecule has 1 unspecified atom stereocenters. The van der Waals surface area contributed by atoms with Crippen LogP contribution in [0.4, 0.5) is 0 Å². The molecule has 0 bridgehead atoms. The summed E-state index contributed by atoms with van der Waals surface area (Å²) in [5.74, 6) is 0. The molecule has 4 nitrogen and oxygen atoms in total. The van der Waals surface area contributed by atoms with Crippen molar-refractivity contribution in [2.75, 3.05) is 0 Å². The molecular weight excluding hydrogens is 232 g/mol. The van der Waals surface area contributed by atoms with E-state index < -0.39 is 0 Å². The van der Waals surface area contributed by atoms with Crippen molar-refractivity contribution in [1.29, 1.82) is 0 Å². The zero-order valence-electron chi connectivity index (χ0n) is 9.65. The van der Waals surface area contributed by atoms with Crippen LogP contribution in [-0.2, 0) is 0 Å². The van der Waals surface area contributed by atoms with Gasteiger partial charge in [-0.2, -0.15) is 0 Å². The van der Waals surface area contributed by atoms with Gasteiger partial charge in [-0.15, -0.1) is 5.10 Å². The van der Waals surface area contributed by atoms with E-state index in [0.29, 0.717) is 11.3 Å². The van der Waals surface area contributed by atoms with Crippen LogP contribution in [0.25, 0.3) is 0 Å². The van der Waals surface area contributed by atoms with Gasteiger partial charge in [0, 0.05) is 5.25 Å². The molecule has 5 heteroatoms. The van der Waals surface area contributed by atoms with Gasteiger partial charge in [0.1, 0.15) is 0 Å². The van der Waals surface area contributed by atoms with Crippen LogP contribution in [0, 0.1) is 0 Å². The molecule has 0 radical (unpaired) electrons. The summed E-state index contributed by atoms with van der Waals surface area (Å²) in [5.41, 5.74) is 1.31. The van der Waals surface area contributed by atoms with Crippen molar-refractivity contribution < 1.29 is 0 Å². The number of aromatic nitrogens is 4. The summed E-state index contributed by atoms with van der Waals surface area (Å²) >= 11 is 1.73. The van der Waals surface area contributed by atoms with Gasteiger partial charge in [-0.3, -0.25) is 0 Å². The van der Waals surface area contributed by atoms with Gasteiger partial charge in [0.15, 0.2) is 0 Å². The maximum Gasteiger partial charge on any atom is 0.210 e. The van der Waals surface area contributed by atoms with Crippen molar-refractivity contribution in [3.63, 3.8) is 0 Å². The lowest BCUT2D eigenvalue weighted by Crippen LogP contribution is -2.00. The highest BCUT2D eigenvalue weighted by molar-refractivity contribution is 7.99. The number of thioether (sulfide) groups is 1. The summed E-state index contributed by atoms with van der Waals surface area (Å²) in [4.78, 5) is 0. The first-order valence-corrected chi connectivity index (χ1v) is 6.72. The molecule has 88 valence electrons. The third-order valence-electron chi connectivity index (χ3n) is 2.91. The Morgan fingerprint density at radius 3 is 2.76 bits per heavy atom. The molecule has 0 saturated heterocycles. The minimum Gasteiger partial charge on any atom is -0.217 e. The molecule has 1 aromatic carbocycles.